The first-order valence-corrected chi connectivity index (χ1v) is 7.33. The molecule has 22 heavy (non-hydrogen) atoms. The van der Waals surface area contributed by atoms with Crippen molar-refractivity contribution in [3.63, 3.8) is 0 Å². The molecule has 0 fully saturated rings. The molecule has 0 atom stereocenters. The number of aromatic nitrogens is 2. The van der Waals surface area contributed by atoms with Gasteiger partial charge in [-0.1, -0.05) is 36.3 Å². The van der Waals surface area contributed by atoms with E-state index in [1.165, 1.54) is 5.56 Å². The fraction of sp³-hybridized carbons (Fsp3) is 0.294. The van der Waals surface area contributed by atoms with Gasteiger partial charge >= 0.3 is 0 Å². The highest BCUT2D eigenvalue weighted by atomic mass is 15.2. The van der Waals surface area contributed by atoms with Gasteiger partial charge in [0.1, 0.15) is 12.4 Å². The van der Waals surface area contributed by atoms with Crippen molar-refractivity contribution in [2.24, 2.45) is 4.99 Å². The highest BCUT2D eigenvalue weighted by Crippen LogP contribution is 2.06. The number of nitrogens with zero attached hydrogens (tertiary/aromatic N) is 3. The first-order valence-electron chi connectivity index (χ1n) is 7.33. The van der Waals surface area contributed by atoms with Crippen LogP contribution in [-0.4, -0.2) is 28.6 Å². The van der Waals surface area contributed by atoms with Gasteiger partial charge in [-0.15, -0.1) is 6.42 Å². The van der Waals surface area contributed by atoms with Gasteiger partial charge in [-0.25, -0.2) is 9.98 Å². The normalized spacial score (nSPS) is 11.0. The molecule has 2 N–H and O–H groups in total. The SMILES string of the molecule is C#CCNC(=NCc1nccn1Cc1ccccc1)NCC. The summed E-state index contributed by atoms with van der Waals surface area (Å²) in [6.45, 7) is 4.54. The van der Waals surface area contributed by atoms with Crippen LogP contribution in [0.3, 0.4) is 0 Å². The van der Waals surface area contributed by atoms with Crippen molar-refractivity contribution in [1.82, 2.24) is 20.2 Å². The number of rotatable bonds is 6. The maximum absolute atomic E-state index is 5.26. The molecule has 1 aromatic heterocycles. The van der Waals surface area contributed by atoms with Gasteiger partial charge in [0.25, 0.3) is 0 Å². The second kappa shape index (κ2) is 8.53. The molecule has 2 rings (SSSR count). The molecule has 0 bridgehead atoms. The Morgan fingerprint density at radius 1 is 1.32 bits per heavy atom. The van der Waals surface area contributed by atoms with Crippen molar-refractivity contribution in [2.75, 3.05) is 13.1 Å². The molecule has 0 saturated heterocycles. The molecule has 0 saturated carbocycles. The maximum Gasteiger partial charge on any atom is 0.192 e. The molecule has 0 aliphatic rings. The van der Waals surface area contributed by atoms with E-state index in [1.807, 2.05) is 31.3 Å². The highest BCUT2D eigenvalue weighted by molar-refractivity contribution is 5.79. The topological polar surface area (TPSA) is 54.2 Å². The number of benzene rings is 1. The van der Waals surface area contributed by atoms with Crippen LogP contribution in [-0.2, 0) is 13.1 Å². The minimum absolute atomic E-state index is 0.449. The summed E-state index contributed by atoms with van der Waals surface area (Å²) in [5, 5.41) is 6.22. The molecule has 0 unspecified atom stereocenters. The van der Waals surface area contributed by atoms with Crippen LogP contribution in [0.15, 0.2) is 47.7 Å². The predicted molar refractivity (Wildman–Crippen MR) is 89.4 cm³/mol. The zero-order chi connectivity index (χ0) is 15.6. The highest BCUT2D eigenvalue weighted by Gasteiger charge is 2.04. The van der Waals surface area contributed by atoms with Crippen LogP contribution < -0.4 is 10.6 Å². The van der Waals surface area contributed by atoms with Crippen molar-refractivity contribution in [3.8, 4) is 12.3 Å². The Balaban J connectivity index is 2.04. The van der Waals surface area contributed by atoms with E-state index in [4.69, 9.17) is 6.42 Å². The molecule has 0 aliphatic carbocycles. The Bertz CT molecular complexity index is 637. The third kappa shape index (κ3) is 4.67. The van der Waals surface area contributed by atoms with Gasteiger partial charge < -0.3 is 15.2 Å². The second-order valence-electron chi connectivity index (χ2n) is 4.71. The number of aliphatic imine (C=N–C) groups is 1. The Morgan fingerprint density at radius 2 is 2.14 bits per heavy atom. The lowest BCUT2D eigenvalue weighted by atomic mass is 10.2. The van der Waals surface area contributed by atoms with Gasteiger partial charge in [-0.2, -0.15) is 0 Å². The lowest BCUT2D eigenvalue weighted by Crippen LogP contribution is -2.37. The van der Waals surface area contributed by atoms with Crippen LogP contribution in [0.1, 0.15) is 18.3 Å². The molecule has 0 spiro atoms. The van der Waals surface area contributed by atoms with Gasteiger partial charge in [-0.3, -0.25) is 0 Å². The molecule has 5 heteroatoms. The summed E-state index contributed by atoms with van der Waals surface area (Å²) in [5.41, 5.74) is 1.24. The van der Waals surface area contributed by atoms with Gasteiger partial charge in [0.05, 0.1) is 6.54 Å². The minimum atomic E-state index is 0.449. The Kier molecular flexibility index (Phi) is 6.06. The van der Waals surface area contributed by atoms with Crippen LogP contribution in [0.25, 0.3) is 0 Å². The number of terminal acetylenes is 1. The Morgan fingerprint density at radius 3 is 2.86 bits per heavy atom. The third-order valence-corrected chi connectivity index (χ3v) is 3.08. The molecular weight excluding hydrogens is 274 g/mol. The largest absolute Gasteiger partial charge is 0.357 e. The van der Waals surface area contributed by atoms with Crippen molar-refractivity contribution in [1.29, 1.82) is 0 Å². The quantitative estimate of drug-likeness (QED) is 0.484. The summed E-state index contributed by atoms with van der Waals surface area (Å²) in [6, 6.07) is 10.3. The number of guanidine groups is 1. The fourth-order valence-electron chi connectivity index (χ4n) is 2.04. The molecule has 114 valence electrons. The van der Waals surface area contributed by atoms with Crippen LogP contribution in [0, 0.1) is 12.3 Å². The van der Waals surface area contributed by atoms with E-state index in [0.717, 1.165) is 18.9 Å². The van der Waals surface area contributed by atoms with Crippen molar-refractivity contribution >= 4 is 5.96 Å². The molecule has 1 heterocycles. The van der Waals surface area contributed by atoms with Gasteiger partial charge in [0.2, 0.25) is 0 Å². The van der Waals surface area contributed by atoms with Gasteiger partial charge in [0, 0.05) is 25.5 Å². The summed E-state index contributed by atoms with van der Waals surface area (Å²) >= 11 is 0. The molecular formula is C17H21N5. The van der Waals surface area contributed by atoms with Gasteiger partial charge in [0.15, 0.2) is 5.96 Å². The van der Waals surface area contributed by atoms with E-state index >= 15 is 0 Å². The zero-order valence-electron chi connectivity index (χ0n) is 12.8. The number of hydrogen-bond donors (Lipinski definition) is 2. The third-order valence-electron chi connectivity index (χ3n) is 3.08. The zero-order valence-corrected chi connectivity index (χ0v) is 12.8. The van der Waals surface area contributed by atoms with Gasteiger partial charge in [-0.05, 0) is 12.5 Å². The summed E-state index contributed by atoms with van der Waals surface area (Å²) < 4.78 is 2.10. The maximum atomic E-state index is 5.26. The monoisotopic (exact) mass is 295 g/mol. The van der Waals surface area contributed by atoms with E-state index in [0.29, 0.717) is 19.0 Å². The predicted octanol–water partition coefficient (Wildman–Crippen LogP) is 1.62. The van der Waals surface area contributed by atoms with Crippen LogP contribution in [0.2, 0.25) is 0 Å². The summed E-state index contributed by atoms with van der Waals surface area (Å²) in [6.07, 6.45) is 9.04. The van der Waals surface area contributed by atoms with E-state index in [-0.39, 0.29) is 0 Å². The number of imidazole rings is 1. The van der Waals surface area contributed by atoms with E-state index < -0.39 is 0 Å². The number of nitrogens with one attached hydrogen (secondary N) is 2. The van der Waals surface area contributed by atoms with Crippen molar-refractivity contribution in [2.45, 2.75) is 20.0 Å². The molecule has 2 aromatic rings. The Hall–Kier alpha value is -2.74. The average molecular weight is 295 g/mol. The molecule has 0 aliphatic heterocycles. The van der Waals surface area contributed by atoms with Crippen LogP contribution >= 0.6 is 0 Å². The van der Waals surface area contributed by atoms with E-state index in [1.54, 1.807) is 6.20 Å². The molecule has 1 aromatic carbocycles. The molecule has 0 radical (unpaired) electrons. The smallest absolute Gasteiger partial charge is 0.192 e. The molecule has 5 nitrogen and oxygen atoms in total. The summed E-state index contributed by atoms with van der Waals surface area (Å²) in [4.78, 5) is 8.90. The van der Waals surface area contributed by atoms with Crippen LogP contribution in [0.5, 0.6) is 0 Å². The Labute approximate surface area is 131 Å². The summed E-state index contributed by atoms with van der Waals surface area (Å²) in [5.74, 6) is 4.16. The van der Waals surface area contributed by atoms with Crippen molar-refractivity contribution < 1.29 is 0 Å². The molecule has 0 amide bonds. The standard InChI is InChI=1S/C17H21N5/c1-3-10-20-17(18-4-2)21-13-16-19-11-12-22(16)14-15-8-6-5-7-9-15/h1,5-9,11-12H,4,10,13-14H2,2H3,(H2,18,20,21). The first-order chi connectivity index (χ1) is 10.8. The first kappa shape index (κ1) is 15.6. The van der Waals surface area contributed by atoms with Crippen molar-refractivity contribution in [3.05, 3.63) is 54.1 Å². The van der Waals surface area contributed by atoms with E-state index in [9.17, 15) is 0 Å². The van der Waals surface area contributed by atoms with E-state index in [2.05, 4.69) is 43.2 Å². The lowest BCUT2D eigenvalue weighted by Gasteiger charge is -2.10. The summed E-state index contributed by atoms with van der Waals surface area (Å²) in [7, 11) is 0. The fourth-order valence-corrected chi connectivity index (χ4v) is 2.04. The second-order valence-corrected chi connectivity index (χ2v) is 4.71. The average Bonchev–Trinajstić information content (AvgIpc) is 2.98. The minimum Gasteiger partial charge on any atom is -0.357 e. The van der Waals surface area contributed by atoms with Crippen LogP contribution in [0.4, 0.5) is 0 Å². The lowest BCUT2D eigenvalue weighted by molar-refractivity contribution is 0.719. The number of hydrogen-bond acceptors (Lipinski definition) is 2.